The number of rotatable bonds is 2. The summed E-state index contributed by atoms with van der Waals surface area (Å²) < 4.78 is 115. The van der Waals surface area contributed by atoms with Crippen LogP contribution in [0.4, 0.5) is 39.5 Å². The van der Waals surface area contributed by atoms with Crippen molar-refractivity contribution in [3.63, 3.8) is 0 Å². The van der Waals surface area contributed by atoms with E-state index in [4.69, 9.17) is 0 Å². The Labute approximate surface area is 113 Å². The molecule has 0 spiro atoms. The summed E-state index contributed by atoms with van der Waals surface area (Å²) >= 11 is 0. The lowest BCUT2D eigenvalue weighted by atomic mass is 9.86. The Morgan fingerprint density at radius 2 is 1.00 bits per heavy atom. The van der Waals surface area contributed by atoms with Gasteiger partial charge in [0.25, 0.3) is 0 Å². The molecular weight excluding hydrogens is 315 g/mol. The summed E-state index contributed by atoms with van der Waals surface area (Å²) in [7, 11) is 0. The highest BCUT2D eigenvalue weighted by molar-refractivity contribution is 5.36. The normalized spacial score (nSPS) is 16.7. The number of halogens is 9. The van der Waals surface area contributed by atoms with E-state index in [2.05, 4.69) is 0 Å². The molecule has 0 aliphatic heterocycles. The van der Waals surface area contributed by atoms with Crippen LogP contribution in [-0.4, -0.2) is 18.3 Å². The predicted molar refractivity (Wildman–Crippen MR) is 55.8 cm³/mol. The van der Waals surface area contributed by atoms with Gasteiger partial charge < -0.3 is 0 Å². The summed E-state index contributed by atoms with van der Waals surface area (Å²) in [5, 5.41) is 0. The maximum absolute atomic E-state index is 14.1. The molecule has 0 bridgehead atoms. The quantitative estimate of drug-likeness (QED) is 0.654. The molecule has 9 heteroatoms. The Bertz CT molecular complexity index is 506. The fourth-order valence-electron chi connectivity index (χ4n) is 1.89. The number of aryl methyl sites for hydroxylation is 2. The average molecular weight is 324 g/mol. The highest BCUT2D eigenvalue weighted by Crippen LogP contribution is 2.58. The third-order valence-corrected chi connectivity index (χ3v) is 2.80. The fraction of sp³-hybridized carbons (Fsp3) is 0.500. The molecule has 0 amide bonds. The van der Waals surface area contributed by atoms with E-state index in [-0.39, 0.29) is 11.1 Å². The number of alkyl halides is 9. The third kappa shape index (κ3) is 2.69. The van der Waals surface area contributed by atoms with Crippen molar-refractivity contribution < 1.29 is 39.5 Å². The molecule has 0 aromatic heterocycles. The van der Waals surface area contributed by atoms with Gasteiger partial charge in [0.15, 0.2) is 0 Å². The second-order valence-corrected chi connectivity index (χ2v) is 4.60. The molecule has 0 radical (unpaired) electrons. The largest absolute Gasteiger partial charge is 0.457 e. The van der Waals surface area contributed by atoms with Crippen LogP contribution in [0.5, 0.6) is 0 Å². The molecular formula is C12H9F9. The molecule has 0 fully saturated rings. The Balaban J connectivity index is 3.71. The van der Waals surface area contributed by atoms with Gasteiger partial charge in [-0.1, -0.05) is 29.3 Å². The third-order valence-electron chi connectivity index (χ3n) is 2.80. The second-order valence-electron chi connectivity index (χ2n) is 4.60. The van der Waals surface area contributed by atoms with Gasteiger partial charge in [0, 0.05) is 5.56 Å². The summed E-state index contributed by atoms with van der Waals surface area (Å²) in [5.74, 6) is -6.63. The van der Waals surface area contributed by atoms with Crippen LogP contribution in [-0.2, 0) is 5.67 Å². The average Bonchev–Trinajstić information content (AvgIpc) is 2.22. The van der Waals surface area contributed by atoms with E-state index < -0.39 is 29.5 Å². The highest BCUT2D eigenvalue weighted by Gasteiger charge is 2.81. The van der Waals surface area contributed by atoms with E-state index in [9.17, 15) is 39.5 Å². The summed E-state index contributed by atoms with van der Waals surface area (Å²) in [6.45, 7) is 2.30. The Hall–Kier alpha value is -1.41. The zero-order valence-corrected chi connectivity index (χ0v) is 10.6. The predicted octanol–water partition coefficient (Wildman–Crippen LogP) is 5.23. The van der Waals surface area contributed by atoms with Crippen LogP contribution >= 0.6 is 0 Å². The molecule has 0 saturated carbocycles. The summed E-state index contributed by atoms with van der Waals surface area (Å²) in [6.07, 6.45) is -13.2. The zero-order chi connectivity index (χ0) is 16.9. The molecule has 1 aromatic carbocycles. The molecule has 0 nitrogen and oxygen atoms in total. The first-order valence-corrected chi connectivity index (χ1v) is 5.43. The molecule has 21 heavy (non-hydrogen) atoms. The van der Waals surface area contributed by atoms with Gasteiger partial charge in [-0.05, 0) is 13.8 Å². The molecule has 1 aromatic rings. The van der Waals surface area contributed by atoms with E-state index in [0.717, 1.165) is 13.8 Å². The highest BCUT2D eigenvalue weighted by atomic mass is 19.4. The number of hydrogen-bond acceptors (Lipinski definition) is 0. The van der Waals surface area contributed by atoms with Crippen molar-refractivity contribution in [2.45, 2.75) is 37.8 Å². The molecule has 0 aliphatic carbocycles. The molecule has 0 N–H and O–H groups in total. The maximum atomic E-state index is 14.1. The van der Waals surface area contributed by atoms with Crippen LogP contribution in [0, 0.1) is 13.8 Å². The Kier molecular flexibility index (Phi) is 4.04. The summed E-state index contributed by atoms with van der Waals surface area (Å²) in [6, 6.07) is 1.85. The molecule has 0 saturated heterocycles. The smallest absolute Gasteiger partial charge is 0.221 e. The number of benzene rings is 1. The van der Waals surface area contributed by atoms with Crippen LogP contribution in [0.25, 0.3) is 0 Å². The number of hydrogen-bond donors (Lipinski definition) is 0. The van der Waals surface area contributed by atoms with Crippen LogP contribution in [0.3, 0.4) is 0 Å². The Morgan fingerprint density at radius 1 is 0.619 bits per heavy atom. The van der Waals surface area contributed by atoms with E-state index in [1.54, 1.807) is 0 Å². The van der Waals surface area contributed by atoms with Gasteiger partial charge in [0.1, 0.15) is 0 Å². The minimum Gasteiger partial charge on any atom is -0.221 e. The monoisotopic (exact) mass is 324 g/mol. The lowest BCUT2D eigenvalue weighted by Gasteiger charge is -2.36. The topological polar surface area (TPSA) is 0 Å². The maximum Gasteiger partial charge on any atom is 0.457 e. The summed E-state index contributed by atoms with van der Waals surface area (Å²) in [5.41, 5.74) is -7.80. The van der Waals surface area contributed by atoms with Crippen molar-refractivity contribution >= 4 is 0 Å². The molecule has 1 unspecified atom stereocenters. The molecule has 0 aliphatic rings. The van der Waals surface area contributed by atoms with Gasteiger partial charge in [-0.3, -0.25) is 0 Å². The van der Waals surface area contributed by atoms with Crippen molar-refractivity contribution in [3.05, 3.63) is 34.9 Å². The zero-order valence-electron chi connectivity index (χ0n) is 10.6. The van der Waals surface area contributed by atoms with Crippen LogP contribution in [0.15, 0.2) is 18.2 Å². The van der Waals surface area contributed by atoms with Gasteiger partial charge in [-0.2, -0.15) is 35.1 Å². The molecule has 0 heterocycles. The van der Waals surface area contributed by atoms with E-state index in [1.807, 2.05) is 0 Å². The van der Waals surface area contributed by atoms with Crippen molar-refractivity contribution in [1.29, 1.82) is 0 Å². The lowest BCUT2D eigenvalue weighted by molar-refractivity contribution is -0.389. The van der Waals surface area contributed by atoms with Gasteiger partial charge in [-0.25, -0.2) is 4.39 Å². The van der Waals surface area contributed by atoms with Crippen LogP contribution < -0.4 is 0 Å². The van der Waals surface area contributed by atoms with Crippen LogP contribution in [0.1, 0.15) is 16.7 Å². The molecule has 1 atom stereocenters. The van der Waals surface area contributed by atoms with Gasteiger partial charge in [0.05, 0.1) is 0 Å². The fourth-order valence-corrected chi connectivity index (χ4v) is 1.89. The van der Waals surface area contributed by atoms with Crippen molar-refractivity contribution in [1.82, 2.24) is 0 Å². The Morgan fingerprint density at radius 3 is 1.29 bits per heavy atom. The van der Waals surface area contributed by atoms with Gasteiger partial charge >= 0.3 is 23.9 Å². The first-order chi connectivity index (χ1) is 9.14. The first kappa shape index (κ1) is 17.6. The first-order valence-electron chi connectivity index (χ1n) is 5.43. The van der Waals surface area contributed by atoms with Crippen LogP contribution in [0.2, 0.25) is 0 Å². The molecule has 120 valence electrons. The standard InChI is InChI=1S/C12H9F9/c1-6-3-7(2)5-8(4-6)9(13,11(16,17)18)10(14,15)12(19,20)21/h3-5H,1-2H3. The molecule has 1 rings (SSSR count). The van der Waals surface area contributed by atoms with Gasteiger partial charge in [0.2, 0.25) is 0 Å². The van der Waals surface area contributed by atoms with Gasteiger partial charge in [-0.15, -0.1) is 0 Å². The second kappa shape index (κ2) is 4.81. The lowest BCUT2D eigenvalue weighted by Crippen LogP contribution is -2.59. The SMILES string of the molecule is Cc1cc(C)cc(C(F)(C(F)(F)F)C(F)(F)C(F)(F)F)c1. The van der Waals surface area contributed by atoms with Crippen molar-refractivity contribution in [3.8, 4) is 0 Å². The van der Waals surface area contributed by atoms with E-state index in [0.29, 0.717) is 12.1 Å². The van der Waals surface area contributed by atoms with Crippen molar-refractivity contribution in [2.75, 3.05) is 0 Å². The minimum absolute atomic E-state index is 0.0748. The van der Waals surface area contributed by atoms with E-state index >= 15 is 0 Å². The van der Waals surface area contributed by atoms with Crippen molar-refractivity contribution in [2.24, 2.45) is 0 Å². The summed E-state index contributed by atoms with van der Waals surface area (Å²) in [4.78, 5) is 0. The minimum atomic E-state index is -6.70. The van der Waals surface area contributed by atoms with E-state index in [1.165, 1.54) is 6.07 Å².